The largest absolute Gasteiger partial charge is 0.497 e. The number of para-hydroxylation sites is 1. The van der Waals surface area contributed by atoms with Crippen LogP contribution in [0.3, 0.4) is 0 Å². The third-order valence-electron chi connectivity index (χ3n) is 5.88. The molecule has 0 amide bonds. The molecule has 4 aromatic rings. The molecule has 154 valence electrons. The van der Waals surface area contributed by atoms with E-state index in [-0.39, 0.29) is 6.04 Å². The van der Waals surface area contributed by atoms with E-state index in [0.29, 0.717) is 6.61 Å². The minimum atomic E-state index is 0.0945. The van der Waals surface area contributed by atoms with Crippen molar-refractivity contribution in [2.45, 2.75) is 12.6 Å². The number of aryl methyl sites for hydroxylation is 1. The fourth-order valence-corrected chi connectivity index (χ4v) is 4.29. The molecule has 1 saturated heterocycles. The molecule has 1 aliphatic rings. The maximum Gasteiger partial charge on any atom is 0.126 e. The van der Waals surface area contributed by atoms with Gasteiger partial charge in [0.15, 0.2) is 0 Å². The van der Waals surface area contributed by atoms with E-state index in [9.17, 15) is 0 Å². The van der Waals surface area contributed by atoms with Crippen LogP contribution in [0.5, 0.6) is 5.75 Å². The van der Waals surface area contributed by atoms with Crippen LogP contribution >= 0.6 is 0 Å². The second kappa shape index (κ2) is 7.97. The topological polar surface area (TPSA) is 55.3 Å². The van der Waals surface area contributed by atoms with Crippen molar-refractivity contribution in [3.63, 3.8) is 0 Å². The Labute approximate surface area is 176 Å². The molecule has 1 N–H and O–H groups in total. The highest BCUT2D eigenvalue weighted by atomic mass is 16.5. The van der Waals surface area contributed by atoms with Crippen molar-refractivity contribution >= 4 is 10.9 Å². The lowest BCUT2D eigenvalue weighted by Crippen LogP contribution is -2.39. The Bertz CT molecular complexity index is 1160. The lowest BCUT2D eigenvalue weighted by molar-refractivity contribution is -0.0154. The Morgan fingerprint density at radius 2 is 2.10 bits per heavy atom. The first kappa shape index (κ1) is 18.9. The fourth-order valence-electron chi connectivity index (χ4n) is 4.29. The minimum Gasteiger partial charge on any atom is -0.497 e. The van der Waals surface area contributed by atoms with E-state index in [1.807, 2.05) is 24.4 Å². The van der Waals surface area contributed by atoms with Crippen LogP contribution in [0, 0.1) is 0 Å². The summed E-state index contributed by atoms with van der Waals surface area (Å²) in [6.45, 7) is 3.12. The molecule has 1 unspecified atom stereocenters. The van der Waals surface area contributed by atoms with E-state index in [1.54, 1.807) is 7.11 Å². The summed E-state index contributed by atoms with van der Waals surface area (Å²) in [7, 11) is 3.79. The number of nitrogens with zero attached hydrogens (tertiary/aromatic N) is 3. The molecule has 5 rings (SSSR count). The van der Waals surface area contributed by atoms with Crippen LogP contribution in [0.1, 0.15) is 17.4 Å². The Balaban J connectivity index is 1.42. The molecule has 2 aromatic heterocycles. The molecule has 0 bridgehead atoms. The summed E-state index contributed by atoms with van der Waals surface area (Å²) in [6, 6.07) is 16.7. The van der Waals surface area contributed by atoms with Crippen LogP contribution in [0.4, 0.5) is 0 Å². The van der Waals surface area contributed by atoms with Gasteiger partial charge in [-0.3, -0.25) is 4.90 Å². The molecule has 30 heavy (non-hydrogen) atoms. The summed E-state index contributed by atoms with van der Waals surface area (Å²) in [6.07, 6.45) is 4.13. The number of fused-ring (bicyclic) bond motifs is 1. The number of imidazole rings is 1. The van der Waals surface area contributed by atoms with Gasteiger partial charge < -0.3 is 19.0 Å². The van der Waals surface area contributed by atoms with Gasteiger partial charge in [-0.05, 0) is 23.8 Å². The number of hydrogen-bond acceptors (Lipinski definition) is 4. The Kier molecular flexibility index (Phi) is 5.02. The summed E-state index contributed by atoms with van der Waals surface area (Å²) < 4.78 is 13.4. The second-order valence-corrected chi connectivity index (χ2v) is 7.76. The predicted octanol–water partition coefficient (Wildman–Crippen LogP) is 4.15. The van der Waals surface area contributed by atoms with Crippen molar-refractivity contribution in [3.8, 4) is 17.0 Å². The molecule has 2 aromatic carbocycles. The highest BCUT2D eigenvalue weighted by molar-refractivity contribution is 5.83. The average molecular weight is 402 g/mol. The van der Waals surface area contributed by atoms with E-state index >= 15 is 0 Å². The van der Waals surface area contributed by atoms with Crippen LogP contribution < -0.4 is 4.74 Å². The van der Waals surface area contributed by atoms with Crippen molar-refractivity contribution in [3.05, 3.63) is 72.3 Å². The number of methoxy groups -OCH3 is 1. The summed E-state index contributed by atoms with van der Waals surface area (Å²) in [5.74, 6) is 1.77. The molecule has 1 aliphatic heterocycles. The molecular weight excluding hydrogens is 376 g/mol. The van der Waals surface area contributed by atoms with Crippen LogP contribution in [-0.2, 0) is 18.3 Å². The van der Waals surface area contributed by atoms with E-state index in [1.165, 1.54) is 16.5 Å². The molecule has 6 nitrogen and oxygen atoms in total. The summed E-state index contributed by atoms with van der Waals surface area (Å²) >= 11 is 0. The quantitative estimate of drug-likeness (QED) is 0.545. The normalized spacial score (nSPS) is 17.5. The first-order valence-electron chi connectivity index (χ1n) is 10.3. The molecule has 1 atom stereocenters. The van der Waals surface area contributed by atoms with Gasteiger partial charge in [-0.2, -0.15) is 0 Å². The number of nitrogens with one attached hydrogen (secondary N) is 1. The maximum absolute atomic E-state index is 5.82. The van der Waals surface area contributed by atoms with Gasteiger partial charge in [0.05, 0.1) is 38.3 Å². The molecule has 0 spiro atoms. The van der Waals surface area contributed by atoms with Gasteiger partial charge in [-0.25, -0.2) is 4.98 Å². The van der Waals surface area contributed by atoms with Gasteiger partial charge in [0.2, 0.25) is 0 Å². The summed E-state index contributed by atoms with van der Waals surface area (Å²) in [5, 5.41) is 1.31. The highest BCUT2D eigenvalue weighted by Crippen LogP contribution is 2.29. The smallest absolute Gasteiger partial charge is 0.126 e. The van der Waals surface area contributed by atoms with Gasteiger partial charge in [0.1, 0.15) is 11.6 Å². The molecule has 0 aliphatic carbocycles. The van der Waals surface area contributed by atoms with E-state index in [4.69, 9.17) is 14.5 Å². The van der Waals surface area contributed by atoms with E-state index in [0.717, 1.165) is 42.5 Å². The van der Waals surface area contributed by atoms with E-state index < -0.39 is 0 Å². The van der Waals surface area contributed by atoms with Crippen molar-refractivity contribution in [1.82, 2.24) is 19.4 Å². The van der Waals surface area contributed by atoms with E-state index in [2.05, 4.69) is 58.0 Å². The molecular formula is C24H26N4O2. The van der Waals surface area contributed by atoms with Crippen molar-refractivity contribution in [2.24, 2.45) is 7.05 Å². The van der Waals surface area contributed by atoms with Gasteiger partial charge in [0, 0.05) is 42.8 Å². The number of ether oxygens (including phenoxy) is 2. The number of aromatic amines is 1. The van der Waals surface area contributed by atoms with Crippen LogP contribution in [0.15, 0.2) is 60.9 Å². The van der Waals surface area contributed by atoms with Crippen LogP contribution in [0.25, 0.3) is 22.2 Å². The average Bonchev–Trinajstić information content (AvgIpc) is 3.40. The maximum atomic E-state index is 5.82. The lowest BCUT2D eigenvalue weighted by Gasteiger charge is -2.34. The predicted molar refractivity (Wildman–Crippen MR) is 117 cm³/mol. The summed E-state index contributed by atoms with van der Waals surface area (Å²) in [5.41, 5.74) is 4.64. The van der Waals surface area contributed by atoms with Gasteiger partial charge in [-0.1, -0.05) is 30.3 Å². The number of morpholine rings is 1. The Morgan fingerprint density at radius 3 is 3.00 bits per heavy atom. The Hall–Kier alpha value is -3.09. The van der Waals surface area contributed by atoms with Gasteiger partial charge >= 0.3 is 0 Å². The highest BCUT2D eigenvalue weighted by Gasteiger charge is 2.28. The third-order valence-corrected chi connectivity index (χ3v) is 5.88. The zero-order valence-corrected chi connectivity index (χ0v) is 17.3. The number of rotatable bonds is 5. The molecule has 6 heteroatoms. The molecule has 0 radical (unpaired) electrons. The number of benzene rings is 2. The monoisotopic (exact) mass is 402 g/mol. The number of H-pyrrole nitrogens is 1. The summed E-state index contributed by atoms with van der Waals surface area (Å²) in [4.78, 5) is 10.7. The fraction of sp³-hybridized carbons (Fsp3) is 0.292. The first-order valence-corrected chi connectivity index (χ1v) is 10.3. The van der Waals surface area contributed by atoms with Crippen LogP contribution in [0.2, 0.25) is 0 Å². The molecule has 1 fully saturated rings. The molecule has 0 saturated carbocycles. The molecule has 3 heterocycles. The van der Waals surface area contributed by atoms with Crippen molar-refractivity contribution in [1.29, 1.82) is 0 Å². The Morgan fingerprint density at radius 1 is 1.20 bits per heavy atom. The lowest BCUT2D eigenvalue weighted by atomic mass is 10.1. The standard InChI is InChI=1S/C24H26N4O2/c1-27-14-18(20-8-3-4-9-22(20)27)15-28-10-11-30-16-23(28)24-25-13-21(26-24)17-6-5-7-19(12-17)29-2/h3-9,12-14,23H,10-11,15-16H2,1-2H3,(H,25,26). The minimum absolute atomic E-state index is 0.0945. The number of aromatic nitrogens is 3. The zero-order valence-electron chi connectivity index (χ0n) is 17.3. The SMILES string of the molecule is COc1cccc(-c2cnc(C3COCCN3Cc3cn(C)c4ccccc34)[nH]2)c1. The van der Waals surface area contributed by atoms with Crippen molar-refractivity contribution in [2.75, 3.05) is 26.9 Å². The first-order chi connectivity index (χ1) is 14.7. The van der Waals surface area contributed by atoms with Gasteiger partial charge in [0.25, 0.3) is 0 Å². The second-order valence-electron chi connectivity index (χ2n) is 7.76. The number of hydrogen-bond donors (Lipinski definition) is 1. The van der Waals surface area contributed by atoms with Crippen LogP contribution in [-0.4, -0.2) is 46.3 Å². The third kappa shape index (κ3) is 3.49. The van der Waals surface area contributed by atoms with Gasteiger partial charge in [-0.15, -0.1) is 0 Å². The van der Waals surface area contributed by atoms with Crippen molar-refractivity contribution < 1.29 is 9.47 Å². The zero-order chi connectivity index (χ0) is 20.5.